The highest BCUT2D eigenvalue weighted by Crippen LogP contribution is 2.17. The zero-order valence-corrected chi connectivity index (χ0v) is 12.4. The van der Waals surface area contributed by atoms with E-state index in [1.807, 2.05) is 22.6 Å². The number of hydrogen-bond donors (Lipinski definition) is 1. The molecule has 5 nitrogen and oxygen atoms in total. The van der Waals surface area contributed by atoms with Crippen molar-refractivity contribution >= 4 is 57.8 Å². The van der Waals surface area contributed by atoms with Gasteiger partial charge < -0.3 is 4.42 Å². The molecule has 0 unspecified atom stereocenters. The van der Waals surface area contributed by atoms with Crippen LogP contribution in [-0.4, -0.2) is 28.4 Å². The average molecular weight is 376 g/mol. The van der Waals surface area contributed by atoms with Crippen LogP contribution < -0.4 is 5.32 Å². The second-order valence-corrected chi connectivity index (χ2v) is 4.96. The first-order valence-corrected chi connectivity index (χ1v) is 6.66. The molecular weight excluding hydrogens is 367 g/mol. The van der Waals surface area contributed by atoms with Gasteiger partial charge in [0.25, 0.3) is 11.8 Å². The van der Waals surface area contributed by atoms with Gasteiger partial charge in [-0.1, -0.05) is 0 Å². The number of halogens is 1. The van der Waals surface area contributed by atoms with Crippen LogP contribution in [0.3, 0.4) is 0 Å². The molecule has 2 amide bonds. The van der Waals surface area contributed by atoms with E-state index in [1.165, 1.54) is 11.0 Å². The van der Waals surface area contributed by atoms with Gasteiger partial charge in [0.2, 0.25) is 0 Å². The molecule has 2 rings (SSSR count). The Labute approximate surface area is 122 Å². The normalized spacial score (nSPS) is 18.4. The van der Waals surface area contributed by atoms with Crippen molar-refractivity contribution in [1.29, 1.82) is 0 Å². The molecule has 1 fully saturated rings. The minimum atomic E-state index is -0.499. The van der Waals surface area contributed by atoms with Crippen LogP contribution in [0.25, 0.3) is 6.08 Å². The van der Waals surface area contributed by atoms with Crippen molar-refractivity contribution in [3.05, 3.63) is 27.2 Å². The molecule has 0 aromatic carbocycles. The first-order valence-electron chi connectivity index (χ1n) is 5.17. The number of thiocarbonyl (C=S) groups is 1. The molecule has 18 heavy (non-hydrogen) atoms. The molecular formula is C11H9IN2O3S. The lowest BCUT2D eigenvalue weighted by atomic mass is 10.1. The SMILES string of the molecule is CCN1C(=O)/C(=C/c2ccc(I)o2)C(=O)NC1=S. The van der Waals surface area contributed by atoms with Crippen LogP contribution in [0.4, 0.5) is 0 Å². The molecule has 1 aromatic heterocycles. The molecule has 1 N–H and O–H groups in total. The van der Waals surface area contributed by atoms with Gasteiger partial charge in [0.1, 0.15) is 11.3 Å². The number of nitrogens with zero attached hydrogens (tertiary/aromatic N) is 1. The number of likely N-dealkylation sites (N-methyl/N-ethyl adjacent to an activating group) is 1. The number of amides is 2. The summed E-state index contributed by atoms with van der Waals surface area (Å²) in [5.74, 6) is -0.444. The van der Waals surface area contributed by atoms with E-state index < -0.39 is 11.8 Å². The lowest BCUT2D eigenvalue weighted by molar-refractivity contribution is -0.128. The van der Waals surface area contributed by atoms with Crippen LogP contribution in [0.2, 0.25) is 0 Å². The van der Waals surface area contributed by atoms with Crippen LogP contribution in [-0.2, 0) is 9.59 Å². The molecule has 0 radical (unpaired) electrons. The third-order valence-corrected chi connectivity index (χ3v) is 3.28. The molecule has 1 aliphatic heterocycles. The Hall–Kier alpha value is -1.22. The van der Waals surface area contributed by atoms with E-state index in [4.69, 9.17) is 16.6 Å². The molecule has 1 aromatic rings. The molecule has 0 atom stereocenters. The van der Waals surface area contributed by atoms with Gasteiger partial charge in [-0.2, -0.15) is 0 Å². The Morgan fingerprint density at radius 1 is 1.50 bits per heavy atom. The highest BCUT2D eigenvalue weighted by molar-refractivity contribution is 14.1. The lowest BCUT2D eigenvalue weighted by Crippen LogP contribution is -2.53. The maximum Gasteiger partial charge on any atom is 0.265 e. The smallest absolute Gasteiger partial charge is 0.265 e. The Kier molecular flexibility index (Phi) is 3.81. The van der Waals surface area contributed by atoms with E-state index in [1.54, 1.807) is 19.1 Å². The van der Waals surface area contributed by atoms with Crippen LogP contribution in [0.1, 0.15) is 12.7 Å². The largest absolute Gasteiger partial charge is 0.451 e. The number of furan rings is 1. The third-order valence-electron chi connectivity index (χ3n) is 2.38. The maximum atomic E-state index is 12.1. The summed E-state index contributed by atoms with van der Waals surface area (Å²) in [5, 5.41) is 2.61. The Bertz CT molecular complexity index is 564. The second-order valence-electron chi connectivity index (χ2n) is 3.51. The average Bonchev–Trinajstić information content (AvgIpc) is 2.70. The van der Waals surface area contributed by atoms with Gasteiger partial charge in [0, 0.05) is 6.54 Å². The molecule has 7 heteroatoms. The van der Waals surface area contributed by atoms with E-state index in [2.05, 4.69) is 5.32 Å². The molecule has 0 aliphatic carbocycles. The number of nitrogens with one attached hydrogen (secondary N) is 1. The van der Waals surface area contributed by atoms with Gasteiger partial charge >= 0.3 is 0 Å². The number of carbonyl (C=O) groups excluding carboxylic acids is 2. The monoisotopic (exact) mass is 376 g/mol. The van der Waals surface area contributed by atoms with E-state index in [0.29, 0.717) is 16.1 Å². The fraction of sp³-hybridized carbons (Fsp3) is 0.182. The Morgan fingerprint density at radius 3 is 2.78 bits per heavy atom. The number of hydrogen-bond acceptors (Lipinski definition) is 4. The summed E-state index contributed by atoms with van der Waals surface area (Å²) >= 11 is 6.93. The van der Waals surface area contributed by atoms with Crippen molar-refractivity contribution in [3.8, 4) is 0 Å². The molecule has 2 heterocycles. The van der Waals surface area contributed by atoms with Crippen LogP contribution in [0, 0.1) is 3.77 Å². The minimum absolute atomic E-state index is 0.0243. The second kappa shape index (κ2) is 5.19. The summed E-state index contributed by atoms with van der Waals surface area (Å²) in [6.07, 6.45) is 1.42. The van der Waals surface area contributed by atoms with Crippen LogP contribution in [0.15, 0.2) is 22.1 Å². The predicted molar refractivity (Wildman–Crippen MR) is 77.5 cm³/mol. The van der Waals surface area contributed by atoms with E-state index in [9.17, 15) is 9.59 Å². The minimum Gasteiger partial charge on any atom is -0.451 e. The van der Waals surface area contributed by atoms with Crippen molar-refractivity contribution in [2.24, 2.45) is 0 Å². The van der Waals surface area contributed by atoms with Gasteiger partial charge in [-0.25, -0.2) is 0 Å². The van der Waals surface area contributed by atoms with Crippen LogP contribution in [0.5, 0.6) is 0 Å². The van der Waals surface area contributed by atoms with Gasteiger partial charge in [0.05, 0.1) is 0 Å². The molecule has 94 valence electrons. The first kappa shape index (κ1) is 13.2. The number of carbonyl (C=O) groups is 2. The van der Waals surface area contributed by atoms with Gasteiger partial charge in [0.15, 0.2) is 8.88 Å². The molecule has 1 saturated heterocycles. The topological polar surface area (TPSA) is 62.6 Å². The fourth-order valence-electron chi connectivity index (χ4n) is 1.53. The van der Waals surface area contributed by atoms with Gasteiger partial charge in [-0.15, -0.1) is 0 Å². The third kappa shape index (κ3) is 2.46. The lowest BCUT2D eigenvalue weighted by Gasteiger charge is -2.27. The summed E-state index contributed by atoms with van der Waals surface area (Å²) < 4.78 is 5.99. The van der Waals surface area contributed by atoms with Crippen molar-refractivity contribution in [3.63, 3.8) is 0 Å². The molecule has 1 aliphatic rings. The number of rotatable bonds is 2. The van der Waals surface area contributed by atoms with Crippen molar-refractivity contribution < 1.29 is 14.0 Å². The Morgan fingerprint density at radius 2 is 2.22 bits per heavy atom. The van der Waals surface area contributed by atoms with Crippen molar-refractivity contribution in [1.82, 2.24) is 10.2 Å². The van der Waals surface area contributed by atoms with Crippen molar-refractivity contribution in [2.75, 3.05) is 6.54 Å². The van der Waals surface area contributed by atoms with Gasteiger partial charge in [-0.05, 0) is 59.9 Å². The predicted octanol–water partition coefficient (Wildman–Crippen LogP) is 1.53. The highest BCUT2D eigenvalue weighted by Gasteiger charge is 2.32. The van der Waals surface area contributed by atoms with E-state index >= 15 is 0 Å². The zero-order chi connectivity index (χ0) is 13.3. The summed E-state index contributed by atoms with van der Waals surface area (Å²) in [6, 6.07) is 3.44. The summed E-state index contributed by atoms with van der Waals surface area (Å²) in [5.41, 5.74) is 0.0243. The summed E-state index contributed by atoms with van der Waals surface area (Å²) in [6.45, 7) is 2.19. The molecule has 0 spiro atoms. The van der Waals surface area contributed by atoms with Crippen molar-refractivity contribution in [2.45, 2.75) is 6.92 Å². The standard InChI is InChI=1S/C11H9IN2O3S/c1-2-14-10(16)7(9(15)13-11(14)18)5-6-3-4-8(12)17-6/h3-5H,2H2,1H3,(H,13,15,18)/b7-5+. The molecule has 0 saturated carbocycles. The quantitative estimate of drug-likeness (QED) is 0.368. The van der Waals surface area contributed by atoms with E-state index in [0.717, 1.165) is 0 Å². The summed E-state index contributed by atoms with van der Waals surface area (Å²) in [4.78, 5) is 25.1. The zero-order valence-electron chi connectivity index (χ0n) is 9.40. The highest BCUT2D eigenvalue weighted by atomic mass is 127. The molecule has 0 bridgehead atoms. The first-order chi connectivity index (χ1) is 8.52. The van der Waals surface area contributed by atoms with Crippen LogP contribution >= 0.6 is 34.8 Å². The maximum absolute atomic E-state index is 12.1. The van der Waals surface area contributed by atoms with E-state index in [-0.39, 0.29) is 10.7 Å². The van der Waals surface area contributed by atoms with Gasteiger partial charge in [-0.3, -0.25) is 19.8 Å². The fourth-order valence-corrected chi connectivity index (χ4v) is 2.27. The Balaban J connectivity index is 2.37. The summed E-state index contributed by atoms with van der Waals surface area (Å²) in [7, 11) is 0.